The van der Waals surface area contributed by atoms with Crippen molar-refractivity contribution in [2.45, 2.75) is 24.8 Å². The molecule has 4 rings (SSSR count). The molecule has 0 saturated carbocycles. The number of sulfonamides is 1. The van der Waals surface area contributed by atoms with Gasteiger partial charge < -0.3 is 19.5 Å². The minimum Gasteiger partial charge on any atom is -0.497 e. The fourth-order valence-corrected chi connectivity index (χ4v) is 4.89. The molecular weight excluding hydrogens is 468 g/mol. The summed E-state index contributed by atoms with van der Waals surface area (Å²) in [6, 6.07) is 17.8. The maximum Gasteiger partial charge on any atom is 0.261 e. The molecule has 1 aliphatic rings. The van der Waals surface area contributed by atoms with Crippen LogP contribution in [-0.4, -0.2) is 34.6 Å². The fourth-order valence-electron chi connectivity index (χ4n) is 3.79. The Morgan fingerprint density at radius 3 is 2.34 bits per heavy atom. The lowest BCUT2D eigenvalue weighted by Crippen LogP contribution is -2.32. The number of anilines is 1. The Labute approximate surface area is 205 Å². The molecule has 3 aromatic carbocycles. The highest BCUT2D eigenvalue weighted by atomic mass is 32.2. The van der Waals surface area contributed by atoms with Crippen LogP contribution in [0.15, 0.2) is 71.6 Å². The number of carbonyl (C=O) groups excluding carboxylic acids is 1. The van der Waals surface area contributed by atoms with Crippen LogP contribution in [0.1, 0.15) is 35.8 Å². The van der Waals surface area contributed by atoms with Gasteiger partial charge in [0.15, 0.2) is 11.5 Å². The SMILES string of the molecule is COc1ccc(NS(=O)(=O)c2cccc(C(=O)NC(c3ccc4c(c3)OCCO4)C(C)C)c2)cc1. The van der Waals surface area contributed by atoms with Crippen molar-refractivity contribution in [3.8, 4) is 17.2 Å². The quantitative estimate of drug-likeness (QED) is 0.479. The van der Waals surface area contributed by atoms with E-state index in [0.29, 0.717) is 36.1 Å². The predicted octanol–water partition coefficient (Wildman–Crippen LogP) is 4.39. The summed E-state index contributed by atoms with van der Waals surface area (Å²) < 4.78 is 44.7. The van der Waals surface area contributed by atoms with Gasteiger partial charge in [-0.25, -0.2) is 8.42 Å². The van der Waals surface area contributed by atoms with Crippen molar-refractivity contribution < 1.29 is 27.4 Å². The van der Waals surface area contributed by atoms with Gasteiger partial charge in [-0.15, -0.1) is 0 Å². The summed E-state index contributed by atoms with van der Waals surface area (Å²) in [4.78, 5) is 13.1. The average Bonchev–Trinajstić information content (AvgIpc) is 2.87. The van der Waals surface area contributed by atoms with Gasteiger partial charge in [0.05, 0.1) is 18.0 Å². The number of carbonyl (C=O) groups is 1. The first-order valence-corrected chi connectivity index (χ1v) is 12.7. The molecule has 1 amide bonds. The standard InChI is InChI=1S/C26H28N2O6S/c1-17(2)25(18-7-12-23-24(16-18)34-14-13-33-23)27-26(29)19-5-4-6-22(15-19)35(30,31)28-20-8-10-21(32-3)11-9-20/h4-12,15-17,25,28H,13-14H2,1-3H3,(H,27,29). The molecule has 0 bridgehead atoms. The van der Waals surface area contributed by atoms with Gasteiger partial charge in [0.2, 0.25) is 0 Å². The summed E-state index contributed by atoms with van der Waals surface area (Å²) in [6.45, 7) is 4.98. The number of benzene rings is 3. The topological polar surface area (TPSA) is 103 Å². The first kappa shape index (κ1) is 24.4. The molecule has 0 spiro atoms. The van der Waals surface area contributed by atoms with Crippen LogP contribution >= 0.6 is 0 Å². The number of methoxy groups -OCH3 is 1. The second kappa shape index (κ2) is 10.3. The summed E-state index contributed by atoms with van der Waals surface area (Å²) >= 11 is 0. The molecule has 0 fully saturated rings. The first-order valence-electron chi connectivity index (χ1n) is 11.2. The molecule has 9 heteroatoms. The Hall–Kier alpha value is -3.72. The van der Waals surface area contributed by atoms with Crippen LogP contribution in [0, 0.1) is 5.92 Å². The van der Waals surface area contributed by atoms with Gasteiger partial charge in [-0.3, -0.25) is 9.52 Å². The number of nitrogens with one attached hydrogen (secondary N) is 2. The third-order valence-corrected chi connectivity index (χ3v) is 7.01. The lowest BCUT2D eigenvalue weighted by atomic mass is 9.95. The van der Waals surface area contributed by atoms with E-state index in [2.05, 4.69) is 10.0 Å². The monoisotopic (exact) mass is 496 g/mol. The number of amides is 1. The highest BCUT2D eigenvalue weighted by molar-refractivity contribution is 7.92. The molecule has 0 radical (unpaired) electrons. The van der Waals surface area contributed by atoms with Crippen molar-refractivity contribution >= 4 is 21.6 Å². The number of fused-ring (bicyclic) bond motifs is 1. The highest BCUT2D eigenvalue weighted by Crippen LogP contribution is 2.34. The van der Waals surface area contributed by atoms with Crippen molar-refractivity contribution in [3.05, 3.63) is 77.9 Å². The summed E-state index contributed by atoms with van der Waals surface area (Å²) in [5, 5.41) is 3.03. The molecule has 2 N–H and O–H groups in total. The molecule has 3 aromatic rings. The zero-order valence-electron chi connectivity index (χ0n) is 19.8. The maximum absolute atomic E-state index is 13.1. The second-order valence-electron chi connectivity index (χ2n) is 8.46. The number of hydrogen-bond donors (Lipinski definition) is 2. The van der Waals surface area contributed by atoms with Gasteiger partial charge in [-0.1, -0.05) is 26.0 Å². The molecule has 1 heterocycles. The Morgan fingerprint density at radius 1 is 0.943 bits per heavy atom. The fraction of sp³-hybridized carbons (Fsp3) is 0.269. The van der Waals surface area contributed by atoms with Gasteiger partial charge in [0.1, 0.15) is 19.0 Å². The maximum atomic E-state index is 13.1. The van der Waals surface area contributed by atoms with E-state index in [1.54, 1.807) is 36.4 Å². The molecule has 1 aliphatic heterocycles. The largest absolute Gasteiger partial charge is 0.497 e. The Balaban J connectivity index is 1.53. The van der Waals surface area contributed by atoms with E-state index >= 15 is 0 Å². The van der Waals surface area contributed by atoms with Crippen molar-refractivity contribution in [1.29, 1.82) is 0 Å². The lowest BCUT2D eigenvalue weighted by molar-refractivity contribution is 0.0925. The molecule has 1 unspecified atom stereocenters. The summed E-state index contributed by atoms with van der Waals surface area (Å²) in [6.07, 6.45) is 0. The van der Waals surface area contributed by atoms with E-state index in [4.69, 9.17) is 14.2 Å². The minimum atomic E-state index is -3.90. The van der Waals surface area contributed by atoms with Crippen LogP contribution in [0.25, 0.3) is 0 Å². The van der Waals surface area contributed by atoms with E-state index in [9.17, 15) is 13.2 Å². The Bertz CT molecular complexity index is 1310. The molecule has 0 aliphatic carbocycles. The third kappa shape index (κ3) is 5.68. The van der Waals surface area contributed by atoms with Gasteiger partial charge >= 0.3 is 0 Å². The first-order chi connectivity index (χ1) is 16.8. The van der Waals surface area contributed by atoms with Crippen LogP contribution in [0.3, 0.4) is 0 Å². The van der Waals surface area contributed by atoms with Gasteiger partial charge in [0.25, 0.3) is 15.9 Å². The van der Waals surface area contributed by atoms with Crippen LogP contribution in [0.2, 0.25) is 0 Å². The molecule has 0 saturated heterocycles. The molecule has 1 atom stereocenters. The molecule has 0 aromatic heterocycles. The zero-order chi connectivity index (χ0) is 25.0. The van der Waals surface area contributed by atoms with Crippen LogP contribution in [-0.2, 0) is 10.0 Å². The lowest BCUT2D eigenvalue weighted by Gasteiger charge is -2.25. The van der Waals surface area contributed by atoms with Crippen molar-refractivity contribution in [1.82, 2.24) is 5.32 Å². The predicted molar refractivity (Wildman–Crippen MR) is 133 cm³/mol. The van der Waals surface area contributed by atoms with Crippen molar-refractivity contribution in [2.75, 3.05) is 25.0 Å². The van der Waals surface area contributed by atoms with E-state index in [1.807, 2.05) is 32.0 Å². The minimum absolute atomic E-state index is 0.0126. The van der Waals surface area contributed by atoms with Crippen LogP contribution in [0.5, 0.6) is 17.2 Å². The van der Waals surface area contributed by atoms with Crippen molar-refractivity contribution in [3.63, 3.8) is 0 Å². The van der Waals surface area contributed by atoms with Crippen LogP contribution < -0.4 is 24.2 Å². The van der Waals surface area contributed by atoms with Gasteiger partial charge in [-0.2, -0.15) is 0 Å². The summed E-state index contributed by atoms with van der Waals surface area (Å²) in [5.41, 5.74) is 1.51. The van der Waals surface area contributed by atoms with Gasteiger partial charge in [0, 0.05) is 11.3 Å². The average molecular weight is 497 g/mol. The van der Waals surface area contributed by atoms with E-state index in [0.717, 1.165) is 5.56 Å². The Kier molecular flexibility index (Phi) is 7.16. The van der Waals surface area contributed by atoms with E-state index in [-0.39, 0.29) is 28.3 Å². The molecular formula is C26H28N2O6S. The number of ether oxygens (including phenoxy) is 3. The number of hydrogen-bond acceptors (Lipinski definition) is 6. The third-order valence-electron chi connectivity index (χ3n) is 5.63. The number of rotatable bonds is 8. The second-order valence-corrected chi connectivity index (χ2v) is 10.1. The zero-order valence-corrected chi connectivity index (χ0v) is 20.6. The summed E-state index contributed by atoms with van der Waals surface area (Å²) in [5.74, 6) is 1.64. The molecule has 8 nitrogen and oxygen atoms in total. The Morgan fingerprint density at radius 2 is 1.66 bits per heavy atom. The summed E-state index contributed by atoms with van der Waals surface area (Å²) in [7, 11) is -2.36. The van der Waals surface area contributed by atoms with E-state index < -0.39 is 10.0 Å². The molecule has 35 heavy (non-hydrogen) atoms. The molecule has 184 valence electrons. The van der Waals surface area contributed by atoms with Gasteiger partial charge in [-0.05, 0) is 66.1 Å². The van der Waals surface area contributed by atoms with Crippen LogP contribution in [0.4, 0.5) is 5.69 Å². The highest BCUT2D eigenvalue weighted by Gasteiger charge is 2.23. The van der Waals surface area contributed by atoms with Crippen molar-refractivity contribution in [2.24, 2.45) is 5.92 Å². The smallest absolute Gasteiger partial charge is 0.261 e. The normalized spacial score (nSPS) is 13.7. The van der Waals surface area contributed by atoms with E-state index in [1.165, 1.54) is 19.2 Å².